The molecule has 0 radical (unpaired) electrons. The number of thiophene rings is 1. The third kappa shape index (κ3) is 5.13. The van der Waals surface area contributed by atoms with Crippen LogP contribution in [0.3, 0.4) is 0 Å². The molecule has 2 aromatic rings. The Morgan fingerprint density at radius 2 is 1.96 bits per heavy atom. The van der Waals surface area contributed by atoms with Crippen LogP contribution in [0.5, 0.6) is 0 Å². The molecule has 0 bridgehead atoms. The number of nitrogens with two attached hydrogens (primary N) is 1. The second-order valence-electron chi connectivity index (χ2n) is 6.18. The molecular formula is C18H22Cl2N4O2S. The van der Waals surface area contributed by atoms with Gasteiger partial charge >= 0.3 is 6.03 Å². The standard InChI is InChI=1S/C18H21ClN4O2S.ClH/c1-2-8-23-9-7-13-14(10-23)26-17(15(13)16(20)24)22-18(25)21-12-5-3-11(19)4-6-12;/h3-6H,2,7-10H2,1H3,(H2,20,24)(H2,21,22,25);1H. The topological polar surface area (TPSA) is 87.5 Å². The highest BCUT2D eigenvalue weighted by Crippen LogP contribution is 2.37. The molecule has 0 spiro atoms. The van der Waals surface area contributed by atoms with Crippen molar-refractivity contribution in [2.75, 3.05) is 23.7 Å². The van der Waals surface area contributed by atoms with E-state index in [-0.39, 0.29) is 12.4 Å². The van der Waals surface area contributed by atoms with Crippen molar-refractivity contribution in [2.24, 2.45) is 5.73 Å². The minimum Gasteiger partial charge on any atom is -0.365 e. The summed E-state index contributed by atoms with van der Waals surface area (Å²) in [7, 11) is 0. The summed E-state index contributed by atoms with van der Waals surface area (Å²) < 4.78 is 0. The highest BCUT2D eigenvalue weighted by Gasteiger charge is 2.27. The molecule has 0 saturated carbocycles. The van der Waals surface area contributed by atoms with Gasteiger partial charge in [-0.05, 0) is 49.2 Å². The lowest BCUT2D eigenvalue weighted by molar-refractivity contribution is 0.1000. The molecule has 1 aromatic carbocycles. The number of carbonyl (C=O) groups is 2. The lowest BCUT2D eigenvalue weighted by Gasteiger charge is -2.26. The molecule has 1 aliphatic heterocycles. The van der Waals surface area contributed by atoms with E-state index >= 15 is 0 Å². The van der Waals surface area contributed by atoms with Gasteiger partial charge in [0.25, 0.3) is 5.91 Å². The molecule has 1 aromatic heterocycles. The number of anilines is 2. The minimum absolute atomic E-state index is 0. The Bertz CT molecular complexity index is 824. The highest BCUT2D eigenvalue weighted by molar-refractivity contribution is 7.17. The van der Waals surface area contributed by atoms with Gasteiger partial charge in [-0.25, -0.2) is 4.79 Å². The van der Waals surface area contributed by atoms with Crippen molar-refractivity contribution in [3.63, 3.8) is 0 Å². The van der Waals surface area contributed by atoms with Gasteiger partial charge in [-0.2, -0.15) is 0 Å². The summed E-state index contributed by atoms with van der Waals surface area (Å²) in [5.74, 6) is -0.506. The number of primary amides is 1. The fraction of sp³-hybridized carbons (Fsp3) is 0.333. The van der Waals surface area contributed by atoms with E-state index in [0.29, 0.717) is 21.3 Å². The van der Waals surface area contributed by atoms with Gasteiger partial charge < -0.3 is 11.1 Å². The van der Waals surface area contributed by atoms with Crippen LogP contribution < -0.4 is 16.4 Å². The van der Waals surface area contributed by atoms with Crippen LogP contribution in [0.1, 0.15) is 34.1 Å². The van der Waals surface area contributed by atoms with Gasteiger partial charge in [0.05, 0.1) is 5.56 Å². The Hall–Kier alpha value is -1.80. The zero-order valence-corrected chi connectivity index (χ0v) is 17.3. The Morgan fingerprint density at radius 1 is 1.26 bits per heavy atom. The van der Waals surface area contributed by atoms with Gasteiger partial charge in [0.1, 0.15) is 5.00 Å². The third-order valence-electron chi connectivity index (χ3n) is 4.25. The van der Waals surface area contributed by atoms with Gasteiger partial charge in [0.2, 0.25) is 0 Å². The number of urea groups is 1. The molecule has 2 heterocycles. The zero-order valence-electron chi connectivity index (χ0n) is 14.9. The maximum atomic E-state index is 12.3. The molecule has 146 valence electrons. The molecule has 0 aliphatic carbocycles. The highest BCUT2D eigenvalue weighted by atomic mass is 35.5. The van der Waals surface area contributed by atoms with Crippen molar-refractivity contribution < 1.29 is 9.59 Å². The van der Waals surface area contributed by atoms with E-state index in [1.807, 2.05) is 0 Å². The maximum absolute atomic E-state index is 12.3. The number of fused-ring (bicyclic) bond motifs is 1. The Labute approximate surface area is 173 Å². The number of hydrogen-bond acceptors (Lipinski definition) is 4. The summed E-state index contributed by atoms with van der Waals surface area (Å²) in [5.41, 5.74) is 7.61. The number of benzene rings is 1. The van der Waals surface area contributed by atoms with Crippen LogP contribution in [0.15, 0.2) is 24.3 Å². The van der Waals surface area contributed by atoms with Crippen LogP contribution in [0, 0.1) is 0 Å². The van der Waals surface area contributed by atoms with Gasteiger partial charge in [-0.15, -0.1) is 23.7 Å². The predicted molar refractivity (Wildman–Crippen MR) is 113 cm³/mol. The van der Waals surface area contributed by atoms with E-state index < -0.39 is 11.9 Å². The van der Waals surface area contributed by atoms with Crippen molar-refractivity contribution >= 4 is 58.0 Å². The first-order valence-corrected chi connectivity index (χ1v) is 9.67. The molecule has 0 fully saturated rings. The van der Waals surface area contributed by atoms with Crippen molar-refractivity contribution in [3.8, 4) is 0 Å². The fourth-order valence-electron chi connectivity index (χ4n) is 3.11. The SMILES string of the molecule is CCCN1CCc2c(sc(NC(=O)Nc3ccc(Cl)cc3)c2C(N)=O)C1.Cl. The monoisotopic (exact) mass is 428 g/mol. The summed E-state index contributed by atoms with van der Waals surface area (Å²) in [6.07, 6.45) is 1.85. The average Bonchev–Trinajstić information content (AvgIpc) is 2.94. The molecule has 6 nitrogen and oxygen atoms in total. The van der Waals surface area contributed by atoms with Gasteiger partial charge in [0.15, 0.2) is 0 Å². The van der Waals surface area contributed by atoms with Gasteiger partial charge in [0, 0.05) is 28.7 Å². The second kappa shape index (κ2) is 9.41. The van der Waals surface area contributed by atoms with Crippen molar-refractivity contribution in [1.29, 1.82) is 0 Å². The minimum atomic E-state index is -0.506. The normalized spacial score (nSPS) is 13.4. The third-order valence-corrected chi connectivity index (χ3v) is 5.64. The molecule has 0 atom stereocenters. The first kappa shape index (κ1) is 21.5. The molecule has 4 N–H and O–H groups in total. The van der Waals surface area contributed by atoms with E-state index in [9.17, 15) is 9.59 Å². The molecular weight excluding hydrogens is 407 g/mol. The van der Waals surface area contributed by atoms with Gasteiger partial charge in [-0.3, -0.25) is 15.0 Å². The summed E-state index contributed by atoms with van der Waals surface area (Å²) >= 11 is 7.27. The largest absolute Gasteiger partial charge is 0.365 e. The summed E-state index contributed by atoms with van der Waals surface area (Å²) in [6.45, 7) is 4.85. The summed E-state index contributed by atoms with van der Waals surface area (Å²) in [6, 6.07) is 6.38. The number of carbonyl (C=O) groups excluding carboxylic acids is 2. The first-order chi connectivity index (χ1) is 12.5. The average molecular weight is 429 g/mol. The number of halogens is 2. The van der Waals surface area contributed by atoms with E-state index in [4.69, 9.17) is 17.3 Å². The fourth-order valence-corrected chi connectivity index (χ4v) is 4.53. The van der Waals surface area contributed by atoms with Crippen LogP contribution >= 0.6 is 35.3 Å². The second-order valence-corrected chi connectivity index (χ2v) is 7.73. The Morgan fingerprint density at radius 3 is 2.59 bits per heavy atom. The van der Waals surface area contributed by atoms with Crippen LogP contribution in [0.25, 0.3) is 0 Å². The number of hydrogen-bond donors (Lipinski definition) is 3. The number of amides is 3. The van der Waals surface area contributed by atoms with Crippen LogP contribution in [0.2, 0.25) is 5.02 Å². The maximum Gasteiger partial charge on any atom is 0.324 e. The molecule has 3 amide bonds. The van der Waals surface area contributed by atoms with E-state index in [1.54, 1.807) is 24.3 Å². The van der Waals surface area contributed by atoms with E-state index in [0.717, 1.165) is 42.9 Å². The molecule has 0 unspecified atom stereocenters. The van der Waals surface area contributed by atoms with Crippen molar-refractivity contribution in [2.45, 2.75) is 26.3 Å². The van der Waals surface area contributed by atoms with Gasteiger partial charge in [-0.1, -0.05) is 18.5 Å². The number of nitrogens with zero attached hydrogens (tertiary/aromatic N) is 1. The van der Waals surface area contributed by atoms with E-state index in [1.165, 1.54) is 11.3 Å². The smallest absolute Gasteiger partial charge is 0.324 e. The van der Waals surface area contributed by atoms with Crippen LogP contribution in [-0.4, -0.2) is 29.9 Å². The zero-order chi connectivity index (χ0) is 18.7. The first-order valence-electron chi connectivity index (χ1n) is 8.48. The van der Waals surface area contributed by atoms with Crippen molar-refractivity contribution in [1.82, 2.24) is 4.90 Å². The number of nitrogens with one attached hydrogen (secondary N) is 2. The van der Waals surface area contributed by atoms with E-state index in [2.05, 4.69) is 22.5 Å². The lowest BCUT2D eigenvalue weighted by Crippen LogP contribution is -2.31. The van der Waals surface area contributed by atoms with Crippen LogP contribution in [-0.2, 0) is 13.0 Å². The molecule has 27 heavy (non-hydrogen) atoms. The lowest BCUT2D eigenvalue weighted by atomic mass is 10.0. The summed E-state index contributed by atoms with van der Waals surface area (Å²) in [5, 5.41) is 6.60. The number of rotatable bonds is 5. The van der Waals surface area contributed by atoms with Crippen LogP contribution in [0.4, 0.5) is 15.5 Å². The molecule has 3 rings (SSSR count). The molecule has 1 aliphatic rings. The van der Waals surface area contributed by atoms with Crippen molar-refractivity contribution in [3.05, 3.63) is 45.3 Å². The Kier molecular flexibility index (Phi) is 7.49. The Balaban J connectivity index is 0.00000261. The summed E-state index contributed by atoms with van der Waals surface area (Å²) in [4.78, 5) is 27.7. The quantitative estimate of drug-likeness (QED) is 0.661. The predicted octanol–water partition coefficient (Wildman–Crippen LogP) is 4.33. The molecule has 9 heteroatoms. The molecule has 0 saturated heterocycles.